The Labute approximate surface area is 126 Å². The van der Waals surface area contributed by atoms with Gasteiger partial charge in [-0.1, -0.05) is 6.58 Å². The van der Waals surface area contributed by atoms with E-state index in [2.05, 4.69) is 11.5 Å². The van der Waals surface area contributed by atoms with Crippen molar-refractivity contribution in [2.45, 2.75) is 32.8 Å². The number of carbonyl (C=O) groups is 1. The topological polar surface area (TPSA) is 58.8 Å². The van der Waals surface area contributed by atoms with Crippen molar-refractivity contribution in [2.24, 2.45) is 5.73 Å². The van der Waals surface area contributed by atoms with Crippen molar-refractivity contribution >= 4 is 17.9 Å². The molecule has 0 spiro atoms. The number of rotatable bonds is 5. The lowest BCUT2D eigenvalue weighted by Crippen LogP contribution is -2.50. The minimum Gasteiger partial charge on any atom is -0.444 e. The maximum absolute atomic E-state index is 11.9. The van der Waals surface area contributed by atoms with E-state index in [1.54, 1.807) is 16.7 Å². The molecule has 5 nitrogen and oxygen atoms in total. The molecule has 1 rings (SSSR count). The molecular formula is C14H27N3O2S. The monoisotopic (exact) mass is 301 g/mol. The lowest BCUT2D eigenvalue weighted by molar-refractivity contribution is 0.0146. The molecule has 0 radical (unpaired) electrons. The van der Waals surface area contributed by atoms with Gasteiger partial charge in [-0.05, 0) is 33.7 Å². The van der Waals surface area contributed by atoms with Crippen molar-refractivity contribution in [3.8, 4) is 0 Å². The summed E-state index contributed by atoms with van der Waals surface area (Å²) in [6.45, 7) is 13.7. The molecule has 0 aromatic rings. The zero-order valence-corrected chi connectivity index (χ0v) is 13.7. The second-order valence-electron chi connectivity index (χ2n) is 5.98. The van der Waals surface area contributed by atoms with Crippen molar-refractivity contribution in [2.75, 3.05) is 38.5 Å². The molecule has 0 aromatic heterocycles. The quantitative estimate of drug-likeness (QED) is 0.788. The summed E-state index contributed by atoms with van der Waals surface area (Å²) in [7, 11) is 0. The lowest BCUT2D eigenvalue weighted by Gasteiger charge is -2.35. The van der Waals surface area contributed by atoms with Crippen LogP contribution in [0.25, 0.3) is 0 Å². The molecule has 2 N–H and O–H groups in total. The van der Waals surface area contributed by atoms with E-state index in [9.17, 15) is 4.79 Å². The maximum atomic E-state index is 11.9. The molecular weight excluding hydrogens is 274 g/mol. The van der Waals surface area contributed by atoms with Gasteiger partial charge in [-0.3, -0.25) is 4.90 Å². The second kappa shape index (κ2) is 7.78. The highest BCUT2D eigenvalue weighted by molar-refractivity contribution is 8.02. The van der Waals surface area contributed by atoms with Crippen LogP contribution in [0.3, 0.4) is 0 Å². The molecule has 1 saturated heterocycles. The van der Waals surface area contributed by atoms with E-state index < -0.39 is 5.60 Å². The van der Waals surface area contributed by atoms with E-state index >= 15 is 0 Å². The van der Waals surface area contributed by atoms with Gasteiger partial charge in [-0.25, -0.2) is 4.79 Å². The predicted octanol–water partition coefficient (Wildman–Crippen LogP) is 2.09. The van der Waals surface area contributed by atoms with Crippen LogP contribution in [0.5, 0.6) is 0 Å². The van der Waals surface area contributed by atoms with Gasteiger partial charge in [0.05, 0.1) is 5.03 Å². The minimum atomic E-state index is -0.421. The summed E-state index contributed by atoms with van der Waals surface area (Å²) < 4.78 is 5.38. The van der Waals surface area contributed by atoms with Gasteiger partial charge >= 0.3 is 6.09 Å². The molecule has 1 aliphatic heterocycles. The van der Waals surface area contributed by atoms with Crippen LogP contribution in [-0.2, 0) is 4.74 Å². The molecule has 1 fully saturated rings. The maximum Gasteiger partial charge on any atom is 0.410 e. The Morgan fingerprint density at radius 3 is 2.40 bits per heavy atom. The van der Waals surface area contributed by atoms with Crippen molar-refractivity contribution in [3.05, 3.63) is 11.6 Å². The van der Waals surface area contributed by atoms with Crippen LogP contribution in [0.1, 0.15) is 27.2 Å². The zero-order valence-electron chi connectivity index (χ0n) is 12.9. The van der Waals surface area contributed by atoms with E-state index in [0.717, 1.165) is 44.9 Å². The Kier molecular flexibility index (Phi) is 6.68. The molecule has 116 valence electrons. The molecule has 1 heterocycles. The molecule has 1 amide bonds. The molecule has 0 unspecified atom stereocenters. The predicted molar refractivity (Wildman–Crippen MR) is 84.6 cm³/mol. The van der Waals surface area contributed by atoms with Gasteiger partial charge in [-0.2, -0.15) is 0 Å². The number of nitrogens with zero attached hydrogens (tertiary/aromatic N) is 2. The fourth-order valence-corrected chi connectivity index (χ4v) is 2.51. The van der Waals surface area contributed by atoms with Crippen LogP contribution >= 0.6 is 11.8 Å². The first-order valence-corrected chi connectivity index (χ1v) is 8.04. The number of ether oxygens (including phenoxy) is 1. The fraction of sp³-hybridized carbons (Fsp3) is 0.786. The number of amides is 1. The second-order valence-corrected chi connectivity index (χ2v) is 7.20. The Balaban J connectivity index is 2.19. The van der Waals surface area contributed by atoms with E-state index in [0.29, 0.717) is 5.03 Å². The Hall–Kier alpha value is -0.880. The number of hydrogen-bond donors (Lipinski definition) is 1. The first-order valence-electron chi connectivity index (χ1n) is 7.05. The zero-order chi connectivity index (χ0) is 15.2. The minimum absolute atomic E-state index is 0.202. The Bertz CT molecular complexity index is 334. The van der Waals surface area contributed by atoms with Crippen molar-refractivity contribution in [3.63, 3.8) is 0 Å². The van der Waals surface area contributed by atoms with Crippen LogP contribution in [-0.4, -0.2) is 60.0 Å². The van der Waals surface area contributed by atoms with Crippen molar-refractivity contribution in [1.29, 1.82) is 0 Å². The standard InChI is InChI=1S/C14H27N3O2S/c1-12(15)20-11-5-6-16-7-9-17(10-8-16)13(18)19-14(2,3)4/h1,5-11,15H2,2-4H3. The number of piperazine rings is 1. The van der Waals surface area contributed by atoms with Crippen molar-refractivity contribution < 1.29 is 9.53 Å². The van der Waals surface area contributed by atoms with Crippen LogP contribution < -0.4 is 5.73 Å². The molecule has 0 aromatic carbocycles. The van der Waals surface area contributed by atoms with E-state index in [1.807, 2.05) is 20.8 Å². The van der Waals surface area contributed by atoms with E-state index in [1.165, 1.54) is 0 Å². The van der Waals surface area contributed by atoms with Crippen LogP contribution in [0, 0.1) is 0 Å². The Morgan fingerprint density at radius 1 is 1.30 bits per heavy atom. The summed E-state index contributed by atoms with van der Waals surface area (Å²) in [6.07, 6.45) is 0.889. The summed E-state index contributed by atoms with van der Waals surface area (Å²) >= 11 is 1.60. The van der Waals surface area contributed by atoms with Gasteiger partial charge in [0.2, 0.25) is 0 Å². The molecule has 20 heavy (non-hydrogen) atoms. The average molecular weight is 301 g/mol. The van der Waals surface area contributed by atoms with E-state index in [4.69, 9.17) is 10.5 Å². The molecule has 1 aliphatic rings. The first-order chi connectivity index (χ1) is 9.28. The van der Waals surface area contributed by atoms with Gasteiger partial charge in [0.25, 0.3) is 0 Å². The Morgan fingerprint density at radius 2 is 1.90 bits per heavy atom. The van der Waals surface area contributed by atoms with Crippen LogP contribution in [0.4, 0.5) is 4.79 Å². The van der Waals surface area contributed by atoms with Crippen molar-refractivity contribution in [1.82, 2.24) is 9.80 Å². The van der Waals surface area contributed by atoms with Gasteiger partial charge in [0.15, 0.2) is 0 Å². The van der Waals surface area contributed by atoms with Gasteiger partial charge in [0.1, 0.15) is 5.60 Å². The number of carbonyl (C=O) groups excluding carboxylic acids is 1. The molecule has 0 aliphatic carbocycles. The third kappa shape index (κ3) is 7.05. The van der Waals surface area contributed by atoms with Gasteiger partial charge in [-0.15, -0.1) is 11.8 Å². The van der Waals surface area contributed by atoms with Crippen LogP contribution in [0.2, 0.25) is 0 Å². The normalized spacial score (nSPS) is 17.1. The fourth-order valence-electron chi connectivity index (χ4n) is 1.97. The average Bonchev–Trinajstić information content (AvgIpc) is 2.33. The van der Waals surface area contributed by atoms with E-state index in [-0.39, 0.29) is 6.09 Å². The SMILES string of the molecule is C=C(N)SCCCN1CCN(C(=O)OC(C)(C)C)CC1. The third-order valence-electron chi connectivity index (χ3n) is 2.93. The highest BCUT2D eigenvalue weighted by Crippen LogP contribution is 2.13. The summed E-state index contributed by atoms with van der Waals surface area (Å²) in [5.74, 6) is 1.00. The highest BCUT2D eigenvalue weighted by Gasteiger charge is 2.25. The summed E-state index contributed by atoms with van der Waals surface area (Å²) in [5, 5.41) is 0.680. The number of nitrogens with two attached hydrogens (primary N) is 1. The highest BCUT2D eigenvalue weighted by atomic mass is 32.2. The molecule has 0 bridgehead atoms. The lowest BCUT2D eigenvalue weighted by atomic mass is 10.2. The first kappa shape index (κ1) is 17.2. The van der Waals surface area contributed by atoms with Crippen LogP contribution in [0.15, 0.2) is 11.6 Å². The third-order valence-corrected chi connectivity index (χ3v) is 3.79. The number of thioether (sulfide) groups is 1. The molecule has 6 heteroatoms. The summed E-state index contributed by atoms with van der Waals surface area (Å²) in [5.41, 5.74) is 5.09. The summed E-state index contributed by atoms with van der Waals surface area (Å²) in [6, 6.07) is 0. The van der Waals surface area contributed by atoms with Gasteiger partial charge < -0.3 is 15.4 Å². The smallest absolute Gasteiger partial charge is 0.410 e. The molecule has 0 atom stereocenters. The molecule has 0 saturated carbocycles. The van der Waals surface area contributed by atoms with Gasteiger partial charge in [0, 0.05) is 31.9 Å². The largest absolute Gasteiger partial charge is 0.444 e. The number of hydrogen-bond acceptors (Lipinski definition) is 5. The summed E-state index contributed by atoms with van der Waals surface area (Å²) in [4.78, 5) is 16.1.